The Morgan fingerprint density at radius 2 is 1.69 bits per heavy atom. The van der Waals surface area contributed by atoms with Crippen molar-refractivity contribution >= 4 is 0 Å². The third-order valence-corrected chi connectivity index (χ3v) is 2.70. The van der Waals surface area contributed by atoms with Crippen LogP contribution in [0.3, 0.4) is 0 Å². The summed E-state index contributed by atoms with van der Waals surface area (Å²) < 4.78 is 5.81. The van der Waals surface area contributed by atoms with Crippen molar-refractivity contribution in [1.82, 2.24) is 0 Å². The normalized spacial score (nSPS) is 31.4. The summed E-state index contributed by atoms with van der Waals surface area (Å²) in [6, 6.07) is 0.266. The van der Waals surface area contributed by atoms with E-state index in [-0.39, 0.29) is 6.04 Å². The summed E-state index contributed by atoms with van der Waals surface area (Å²) in [4.78, 5) is 0. The third-order valence-electron chi connectivity index (χ3n) is 2.70. The van der Waals surface area contributed by atoms with Crippen molar-refractivity contribution < 1.29 is 4.74 Å². The lowest BCUT2D eigenvalue weighted by molar-refractivity contribution is -0.0163. The van der Waals surface area contributed by atoms with Crippen molar-refractivity contribution in [2.45, 2.75) is 70.6 Å². The summed E-state index contributed by atoms with van der Waals surface area (Å²) >= 11 is 0. The molecular weight excluding hydrogens is 162 g/mol. The molecule has 0 bridgehead atoms. The fourth-order valence-electron chi connectivity index (χ4n) is 2.00. The van der Waals surface area contributed by atoms with Crippen LogP contribution in [0.4, 0.5) is 0 Å². The van der Waals surface area contributed by atoms with Gasteiger partial charge >= 0.3 is 0 Å². The summed E-state index contributed by atoms with van der Waals surface area (Å²) in [7, 11) is 0. The fourth-order valence-corrected chi connectivity index (χ4v) is 2.00. The highest BCUT2D eigenvalue weighted by atomic mass is 16.5. The topological polar surface area (TPSA) is 35.2 Å². The fraction of sp³-hybridized carbons (Fsp3) is 1.00. The zero-order valence-corrected chi connectivity index (χ0v) is 8.96. The second-order valence-corrected chi connectivity index (χ2v) is 4.38. The van der Waals surface area contributed by atoms with Gasteiger partial charge in [0.2, 0.25) is 0 Å². The van der Waals surface area contributed by atoms with Gasteiger partial charge in [0.05, 0.1) is 12.2 Å². The predicted octanol–water partition coefficient (Wildman–Crippen LogP) is 2.46. The van der Waals surface area contributed by atoms with Crippen LogP contribution >= 0.6 is 0 Å². The highest BCUT2D eigenvalue weighted by molar-refractivity contribution is 4.76. The van der Waals surface area contributed by atoms with Gasteiger partial charge in [-0.15, -0.1) is 0 Å². The van der Waals surface area contributed by atoms with Gasteiger partial charge in [-0.05, 0) is 26.7 Å². The van der Waals surface area contributed by atoms with E-state index >= 15 is 0 Å². The lowest BCUT2D eigenvalue weighted by Gasteiger charge is -2.28. The van der Waals surface area contributed by atoms with Crippen LogP contribution in [-0.2, 0) is 4.74 Å². The monoisotopic (exact) mass is 185 g/mol. The van der Waals surface area contributed by atoms with Crippen LogP contribution in [-0.4, -0.2) is 18.2 Å². The molecule has 2 atom stereocenters. The van der Waals surface area contributed by atoms with E-state index in [1.807, 2.05) is 0 Å². The van der Waals surface area contributed by atoms with Gasteiger partial charge in [-0.3, -0.25) is 0 Å². The second kappa shape index (κ2) is 5.61. The van der Waals surface area contributed by atoms with Crippen LogP contribution in [0.15, 0.2) is 0 Å². The van der Waals surface area contributed by atoms with E-state index < -0.39 is 0 Å². The molecule has 0 saturated heterocycles. The summed E-state index contributed by atoms with van der Waals surface area (Å²) in [5.74, 6) is 0. The van der Waals surface area contributed by atoms with E-state index in [1.165, 1.54) is 25.7 Å². The lowest BCUT2D eigenvalue weighted by Crippen LogP contribution is -2.38. The first-order chi connectivity index (χ1) is 6.20. The maximum Gasteiger partial charge on any atom is 0.0729 e. The van der Waals surface area contributed by atoms with Crippen LogP contribution in [0, 0.1) is 0 Å². The number of hydrogen-bond donors (Lipinski definition) is 1. The Morgan fingerprint density at radius 3 is 2.31 bits per heavy atom. The molecule has 0 aliphatic heterocycles. The molecule has 1 fully saturated rings. The minimum atomic E-state index is 0.266. The Kier molecular flexibility index (Phi) is 4.74. The molecule has 2 unspecified atom stereocenters. The van der Waals surface area contributed by atoms with E-state index in [9.17, 15) is 0 Å². The van der Waals surface area contributed by atoms with Crippen LogP contribution in [0.2, 0.25) is 0 Å². The quantitative estimate of drug-likeness (QED) is 0.717. The Bertz CT molecular complexity index is 136. The molecule has 0 heterocycles. The van der Waals surface area contributed by atoms with Crippen molar-refractivity contribution in [2.75, 3.05) is 0 Å². The Morgan fingerprint density at radius 1 is 1.08 bits per heavy atom. The summed E-state index contributed by atoms with van der Waals surface area (Å²) in [6.45, 7) is 4.18. The van der Waals surface area contributed by atoms with Crippen LogP contribution < -0.4 is 5.73 Å². The van der Waals surface area contributed by atoms with Crippen molar-refractivity contribution in [1.29, 1.82) is 0 Å². The van der Waals surface area contributed by atoms with Gasteiger partial charge in [0.15, 0.2) is 0 Å². The van der Waals surface area contributed by atoms with E-state index in [1.54, 1.807) is 0 Å². The molecule has 13 heavy (non-hydrogen) atoms. The van der Waals surface area contributed by atoms with Gasteiger partial charge in [0.25, 0.3) is 0 Å². The van der Waals surface area contributed by atoms with Crippen molar-refractivity contribution in [3.63, 3.8) is 0 Å². The zero-order valence-electron chi connectivity index (χ0n) is 8.96. The number of rotatable bonds is 2. The SMILES string of the molecule is CC(C)OC1CCCCCCC1N. The molecule has 2 nitrogen and oxygen atoms in total. The average molecular weight is 185 g/mol. The van der Waals surface area contributed by atoms with Crippen molar-refractivity contribution in [3.8, 4) is 0 Å². The first-order valence-electron chi connectivity index (χ1n) is 5.61. The van der Waals surface area contributed by atoms with Gasteiger partial charge in [-0.1, -0.05) is 25.7 Å². The summed E-state index contributed by atoms with van der Waals surface area (Å²) in [5.41, 5.74) is 6.07. The van der Waals surface area contributed by atoms with Crippen LogP contribution in [0.25, 0.3) is 0 Å². The average Bonchev–Trinajstić information content (AvgIpc) is 2.04. The van der Waals surface area contributed by atoms with Gasteiger partial charge in [-0.2, -0.15) is 0 Å². The predicted molar refractivity (Wildman–Crippen MR) is 55.7 cm³/mol. The Hall–Kier alpha value is -0.0800. The smallest absolute Gasteiger partial charge is 0.0729 e. The second-order valence-electron chi connectivity index (χ2n) is 4.38. The van der Waals surface area contributed by atoms with Crippen LogP contribution in [0.5, 0.6) is 0 Å². The lowest BCUT2D eigenvalue weighted by atomic mass is 9.95. The molecule has 2 N–H and O–H groups in total. The maximum atomic E-state index is 6.07. The molecular formula is C11H23NO. The molecule has 1 rings (SSSR count). The minimum Gasteiger partial charge on any atom is -0.374 e. The largest absolute Gasteiger partial charge is 0.374 e. The molecule has 0 spiro atoms. The van der Waals surface area contributed by atoms with Gasteiger partial charge in [-0.25, -0.2) is 0 Å². The van der Waals surface area contributed by atoms with E-state index in [4.69, 9.17) is 10.5 Å². The highest BCUT2D eigenvalue weighted by Crippen LogP contribution is 2.19. The number of hydrogen-bond acceptors (Lipinski definition) is 2. The minimum absolute atomic E-state index is 0.266. The number of ether oxygens (including phenoxy) is 1. The molecule has 78 valence electrons. The number of nitrogens with two attached hydrogens (primary N) is 1. The van der Waals surface area contributed by atoms with Gasteiger partial charge in [0.1, 0.15) is 0 Å². The van der Waals surface area contributed by atoms with Gasteiger partial charge in [0, 0.05) is 6.04 Å². The first-order valence-corrected chi connectivity index (χ1v) is 5.61. The van der Waals surface area contributed by atoms with E-state index in [0.717, 1.165) is 12.8 Å². The molecule has 0 aromatic carbocycles. The molecule has 1 aliphatic rings. The Labute approximate surface area is 81.8 Å². The summed E-state index contributed by atoms with van der Waals surface area (Å²) in [5, 5.41) is 0. The molecule has 1 aliphatic carbocycles. The molecule has 2 heteroatoms. The van der Waals surface area contributed by atoms with Crippen LogP contribution in [0.1, 0.15) is 52.4 Å². The highest BCUT2D eigenvalue weighted by Gasteiger charge is 2.20. The third kappa shape index (κ3) is 4.10. The summed E-state index contributed by atoms with van der Waals surface area (Å²) in [6.07, 6.45) is 8.17. The van der Waals surface area contributed by atoms with Crippen molar-refractivity contribution in [3.05, 3.63) is 0 Å². The van der Waals surface area contributed by atoms with E-state index in [2.05, 4.69) is 13.8 Å². The Balaban J connectivity index is 2.37. The molecule has 0 radical (unpaired) electrons. The standard InChI is InChI=1S/C11H23NO/c1-9(2)13-11-8-6-4-3-5-7-10(11)12/h9-11H,3-8,12H2,1-2H3. The zero-order chi connectivity index (χ0) is 9.68. The molecule has 1 saturated carbocycles. The van der Waals surface area contributed by atoms with E-state index in [0.29, 0.717) is 12.2 Å². The molecule has 0 aromatic heterocycles. The first kappa shape index (κ1) is 11.0. The van der Waals surface area contributed by atoms with Crippen molar-refractivity contribution in [2.24, 2.45) is 5.73 Å². The molecule has 0 amide bonds. The maximum absolute atomic E-state index is 6.07. The molecule has 0 aromatic rings. The van der Waals surface area contributed by atoms with Gasteiger partial charge < -0.3 is 10.5 Å².